The van der Waals surface area contributed by atoms with E-state index in [9.17, 15) is 4.39 Å². The molecule has 1 fully saturated rings. The smallest absolute Gasteiger partial charge is 0.125 e. The Morgan fingerprint density at radius 3 is 2.76 bits per heavy atom. The molecule has 1 aromatic rings. The van der Waals surface area contributed by atoms with Crippen LogP contribution in [-0.2, 0) is 0 Å². The molecule has 3 N–H and O–H groups in total. The second kappa shape index (κ2) is 5.98. The molecule has 17 heavy (non-hydrogen) atoms. The maximum Gasteiger partial charge on any atom is 0.125 e. The number of hydrogen-bond acceptors (Lipinski definition) is 3. The number of nitrogens with two attached hydrogens (primary N) is 1. The third kappa shape index (κ3) is 3.68. The molecular weight excluding hydrogens is 217 g/mol. The van der Waals surface area contributed by atoms with Crippen molar-refractivity contribution in [1.29, 1.82) is 0 Å². The third-order valence-corrected chi connectivity index (χ3v) is 3.23. The maximum atomic E-state index is 13.0. The first-order chi connectivity index (χ1) is 8.28. The van der Waals surface area contributed by atoms with E-state index in [2.05, 4.69) is 10.2 Å². The van der Waals surface area contributed by atoms with E-state index < -0.39 is 0 Å². The molecule has 0 aliphatic carbocycles. The average Bonchev–Trinajstić information content (AvgIpc) is 2.32. The van der Waals surface area contributed by atoms with Gasteiger partial charge < -0.3 is 16.0 Å². The lowest BCUT2D eigenvalue weighted by atomic mass is 10.0. The maximum absolute atomic E-state index is 13.0. The van der Waals surface area contributed by atoms with Gasteiger partial charge in [-0.25, -0.2) is 4.39 Å². The molecule has 1 aliphatic heterocycles. The van der Waals surface area contributed by atoms with Gasteiger partial charge in [-0.2, -0.15) is 0 Å². The highest BCUT2D eigenvalue weighted by Crippen LogP contribution is 2.17. The molecule has 2 rings (SSSR count). The Morgan fingerprint density at radius 2 is 2.12 bits per heavy atom. The van der Waals surface area contributed by atoms with Gasteiger partial charge in [-0.05, 0) is 31.0 Å². The molecule has 0 aromatic heterocycles. The second-order valence-electron chi connectivity index (χ2n) is 4.56. The molecule has 1 aliphatic rings. The first kappa shape index (κ1) is 12.3. The number of rotatable bonds is 4. The summed E-state index contributed by atoms with van der Waals surface area (Å²) in [4.78, 5) is 2.38. The van der Waals surface area contributed by atoms with Crippen LogP contribution in [0.1, 0.15) is 12.8 Å². The number of hydrogen-bond donors (Lipinski definition) is 2. The number of benzene rings is 1. The fraction of sp³-hybridized carbons (Fsp3) is 0.538. The summed E-state index contributed by atoms with van der Waals surface area (Å²) in [6, 6.07) is 7.11. The number of likely N-dealkylation sites (tertiary alicyclic amines) is 1. The topological polar surface area (TPSA) is 41.3 Å². The van der Waals surface area contributed by atoms with Gasteiger partial charge in [-0.15, -0.1) is 0 Å². The first-order valence-corrected chi connectivity index (χ1v) is 6.22. The third-order valence-electron chi connectivity index (χ3n) is 3.23. The Bertz CT molecular complexity index is 348. The van der Waals surface area contributed by atoms with Gasteiger partial charge >= 0.3 is 0 Å². The van der Waals surface area contributed by atoms with Gasteiger partial charge in [0.25, 0.3) is 0 Å². The van der Waals surface area contributed by atoms with Gasteiger partial charge in [0, 0.05) is 37.9 Å². The molecule has 3 nitrogen and oxygen atoms in total. The zero-order valence-corrected chi connectivity index (χ0v) is 10.0. The number of nitrogens with zero attached hydrogens (tertiary/aromatic N) is 1. The minimum Gasteiger partial charge on any atom is -0.382 e. The number of anilines is 1. The fourth-order valence-electron chi connectivity index (χ4n) is 2.30. The molecule has 1 saturated heterocycles. The Morgan fingerprint density at radius 1 is 1.35 bits per heavy atom. The van der Waals surface area contributed by atoms with E-state index in [1.165, 1.54) is 6.07 Å². The van der Waals surface area contributed by atoms with Crippen molar-refractivity contribution in [1.82, 2.24) is 4.90 Å². The summed E-state index contributed by atoms with van der Waals surface area (Å²) in [5.41, 5.74) is 6.41. The van der Waals surface area contributed by atoms with Gasteiger partial charge in [0.05, 0.1) is 0 Å². The van der Waals surface area contributed by atoms with Crippen molar-refractivity contribution >= 4 is 5.69 Å². The molecule has 0 unspecified atom stereocenters. The SMILES string of the molecule is NCCN1CCC(Nc2cccc(F)c2)CC1. The molecule has 0 radical (unpaired) electrons. The molecule has 1 heterocycles. The zero-order chi connectivity index (χ0) is 12.1. The van der Waals surface area contributed by atoms with Crippen molar-refractivity contribution in [2.45, 2.75) is 18.9 Å². The van der Waals surface area contributed by atoms with E-state index in [0.29, 0.717) is 6.04 Å². The van der Waals surface area contributed by atoms with Gasteiger partial charge in [-0.3, -0.25) is 0 Å². The molecule has 4 heteroatoms. The van der Waals surface area contributed by atoms with Crippen molar-refractivity contribution in [2.75, 3.05) is 31.5 Å². The van der Waals surface area contributed by atoms with Crippen LogP contribution in [0.2, 0.25) is 0 Å². The van der Waals surface area contributed by atoms with Crippen LogP contribution < -0.4 is 11.1 Å². The van der Waals surface area contributed by atoms with E-state index in [4.69, 9.17) is 5.73 Å². The van der Waals surface area contributed by atoms with Crippen LogP contribution >= 0.6 is 0 Å². The van der Waals surface area contributed by atoms with Gasteiger partial charge in [-0.1, -0.05) is 6.07 Å². The summed E-state index contributed by atoms with van der Waals surface area (Å²) < 4.78 is 13.0. The van der Waals surface area contributed by atoms with E-state index in [-0.39, 0.29) is 5.82 Å². The Labute approximate surface area is 102 Å². The van der Waals surface area contributed by atoms with E-state index in [1.807, 2.05) is 6.07 Å². The second-order valence-corrected chi connectivity index (χ2v) is 4.56. The zero-order valence-electron chi connectivity index (χ0n) is 10.0. The minimum absolute atomic E-state index is 0.185. The van der Waals surface area contributed by atoms with Gasteiger partial charge in [0.1, 0.15) is 5.82 Å². The van der Waals surface area contributed by atoms with E-state index in [1.54, 1.807) is 12.1 Å². The quantitative estimate of drug-likeness (QED) is 0.837. The van der Waals surface area contributed by atoms with Crippen molar-refractivity contribution in [2.24, 2.45) is 5.73 Å². The van der Waals surface area contributed by atoms with Crippen LogP contribution in [0.4, 0.5) is 10.1 Å². The van der Waals surface area contributed by atoms with Crippen LogP contribution in [0.25, 0.3) is 0 Å². The lowest BCUT2D eigenvalue weighted by Gasteiger charge is -2.32. The lowest BCUT2D eigenvalue weighted by molar-refractivity contribution is 0.224. The number of piperidine rings is 1. The van der Waals surface area contributed by atoms with Crippen LogP contribution in [0.5, 0.6) is 0 Å². The fourth-order valence-corrected chi connectivity index (χ4v) is 2.30. The molecule has 94 valence electrons. The summed E-state index contributed by atoms with van der Waals surface area (Å²) in [5.74, 6) is -0.185. The highest BCUT2D eigenvalue weighted by molar-refractivity contribution is 5.44. The molecule has 1 aromatic carbocycles. The first-order valence-electron chi connectivity index (χ1n) is 6.22. The number of halogens is 1. The molecule has 0 spiro atoms. The highest BCUT2D eigenvalue weighted by Gasteiger charge is 2.18. The molecule has 0 bridgehead atoms. The normalized spacial score (nSPS) is 18.2. The predicted octanol–water partition coefficient (Wildman–Crippen LogP) is 1.66. The van der Waals surface area contributed by atoms with Crippen molar-refractivity contribution < 1.29 is 4.39 Å². The van der Waals surface area contributed by atoms with Crippen molar-refractivity contribution in [3.05, 3.63) is 30.1 Å². The van der Waals surface area contributed by atoms with Crippen LogP contribution in [0.15, 0.2) is 24.3 Å². The monoisotopic (exact) mass is 237 g/mol. The van der Waals surface area contributed by atoms with Crippen LogP contribution in [0.3, 0.4) is 0 Å². The van der Waals surface area contributed by atoms with Crippen LogP contribution in [-0.4, -0.2) is 37.1 Å². The van der Waals surface area contributed by atoms with E-state index >= 15 is 0 Å². The summed E-state index contributed by atoms with van der Waals surface area (Å²) >= 11 is 0. The van der Waals surface area contributed by atoms with Crippen molar-refractivity contribution in [3.63, 3.8) is 0 Å². The Balaban J connectivity index is 1.82. The van der Waals surface area contributed by atoms with E-state index in [0.717, 1.165) is 44.7 Å². The average molecular weight is 237 g/mol. The van der Waals surface area contributed by atoms with Gasteiger partial charge in [0.2, 0.25) is 0 Å². The minimum atomic E-state index is -0.185. The summed E-state index contributed by atoms with van der Waals surface area (Å²) in [5, 5.41) is 3.39. The molecule has 0 atom stereocenters. The summed E-state index contributed by atoms with van der Waals surface area (Å²) in [6.45, 7) is 3.85. The predicted molar refractivity (Wildman–Crippen MR) is 68.5 cm³/mol. The van der Waals surface area contributed by atoms with Crippen molar-refractivity contribution in [3.8, 4) is 0 Å². The van der Waals surface area contributed by atoms with Gasteiger partial charge in [0.15, 0.2) is 0 Å². The summed E-state index contributed by atoms with van der Waals surface area (Å²) in [6.07, 6.45) is 2.19. The molecular formula is C13H20FN3. The molecule has 0 amide bonds. The largest absolute Gasteiger partial charge is 0.382 e. The Hall–Kier alpha value is -1.13. The summed E-state index contributed by atoms with van der Waals surface area (Å²) in [7, 11) is 0. The lowest BCUT2D eigenvalue weighted by Crippen LogP contribution is -2.41. The standard InChI is InChI=1S/C13H20FN3/c14-11-2-1-3-13(10-11)16-12-4-7-17(8-5-12)9-6-15/h1-3,10,12,16H,4-9,15H2. The van der Waals surface area contributed by atoms with Crippen LogP contribution in [0, 0.1) is 5.82 Å². The highest BCUT2D eigenvalue weighted by atomic mass is 19.1. The molecule has 0 saturated carbocycles. The Kier molecular flexibility index (Phi) is 4.34. The number of nitrogens with one attached hydrogen (secondary N) is 1.